The number of nitrogens with two attached hydrogens (primary N) is 1. The zero-order valence-electron chi connectivity index (χ0n) is 10.9. The van der Waals surface area contributed by atoms with Gasteiger partial charge in [0.25, 0.3) is 0 Å². The molecule has 1 radical (unpaired) electrons. The molecule has 19 heavy (non-hydrogen) atoms. The van der Waals surface area contributed by atoms with E-state index in [1.807, 2.05) is 60.7 Å². The first-order chi connectivity index (χ1) is 9.16. The molecule has 2 N–H and O–H groups in total. The van der Waals surface area contributed by atoms with Gasteiger partial charge in [0, 0.05) is 6.42 Å². The second kappa shape index (κ2) is 5.81. The van der Waals surface area contributed by atoms with E-state index in [1.54, 1.807) is 0 Å². The number of hydrogen-bond acceptors (Lipinski definition) is 2. The topological polar surface area (TPSA) is 43.1 Å². The van der Waals surface area contributed by atoms with Crippen molar-refractivity contribution < 1.29 is 4.79 Å². The Balaban J connectivity index is 2.24. The summed E-state index contributed by atoms with van der Waals surface area (Å²) in [7, 11) is 0. The molecule has 1 atom stereocenters. The van der Waals surface area contributed by atoms with Crippen molar-refractivity contribution in [3.8, 4) is 0 Å². The molecule has 0 bridgehead atoms. The van der Waals surface area contributed by atoms with Gasteiger partial charge in [-0.05, 0) is 17.5 Å². The van der Waals surface area contributed by atoms with Gasteiger partial charge in [0.2, 0.25) is 0 Å². The van der Waals surface area contributed by atoms with Crippen LogP contribution >= 0.6 is 0 Å². The molecule has 0 fully saturated rings. The quantitative estimate of drug-likeness (QED) is 0.889. The Morgan fingerprint density at radius 3 is 2.05 bits per heavy atom. The van der Waals surface area contributed by atoms with Crippen LogP contribution in [0.2, 0.25) is 0 Å². The molecule has 2 aromatic carbocycles. The molecular weight excluding hydrogens is 234 g/mol. The maximum atomic E-state index is 12.5. The minimum absolute atomic E-state index is 0.0000926. The molecule has 0 saturated carbocycles. The van der Waals surface area contributed by atoms with E-state index in [1.165, 1.54) is 0 Å². The fourth-order valence-corrected chi connectivity index (χ4v) is 2.12. The van der Waals surface area contributed by atoms with E-state index < -0.39 is 5.54 Å². The Bertz CT molecular complexity index is 536. The molecule has 2 nitrogen and oxygen atoms in total. The lowest BCUT2D eigenvalue weighted by molar-refractivity contribution is -0.123. The first-order valence-corrected chi connectivity index (χ1v) is 6.37. The summed E-state index contributed by atoms with van der Waals surface area (Å²) in [5.74, 6) is -0.0000926. The van der Waals surface area contributed by atoms with E-state index in [0.29, 0.717) is 12.8 Å². The van der Waals surface area contributed by atoms with E-state index in [9.17, 15) is 4.79 Å². The predicted octanol–water partition coefficient (Wildman–Crippen LogP) is 2.88. The monoisotopic (exact) mass is 252 g/mol. The van der Waals surface area contributed by atoms with E-state index in [-0.39, 0.29) is 5.78 Å². The van der Waals surface area contributed by atoms with E-state index in [0.717, 1.165) is 11.1 Å². The van der Waals surface area contributed by atoms with Gasteiger partial charge in [-0.1, -0.05) is 67.6 Å². The molecule has 0 aliphatic carbocycles. The van der Waals surface area contributed by atoms with E-state index >= 15 is 0 Å². The highest BCUT2D eigenvalue weighted by molar-refractivity contribution is 5.91. The molecule has 97 valence electrons. The summed E-state index contributed by atoms with van der Waals surface area (Å²) in [5.41, 5.74) is 7.10. The van der Waals surface area contributed by atoms with Gasteiger partial charge in [-0.3, -0.25) is 4.79 Å². The van der Waals surface area contributed by atoms with Crippen molar-refractivity contribution in [1.82, 2.24) is 0 Å². The molecule has 0 heterocycles. The van der Waals surface area contributed by atoms with Gasteiger partial charge in [0.05, 0.1) is 0 Å². The molecule has 2 aromatic rings. The van der Waals surface area contributed by atoms with Crippen LogP contribution in [0.15, 0.2) is 60.7 Å². The fourth-order valence-electron chi connectivity index (χ4n) is 2.12. The Hall–Kier alpha value is -1.93. The summed E-state index contributed by atoms with van der Waals surface area (Å²) in [6, 6.07) is 19.1. The predicted molar refractivity (Wildman–Crippen MR) is 77.4 cm³/mol. The number of Topliss-reactive ketones (excluding diaryl/α,β-unsaturated/α-hetero) is 1. The van der Waals surface area contributed by atoms with Crippen LogP contribution < -0.4 is 5.73 Å². The average molecular weight is 252 g/mol. The van der Waals surface area contributed by atoms with Crippen molar-refractivity contribution in [2.45, 2.75) is 18.4 Å². The summed E-state index contributed by atoms with van der Waals surface area (Å²) < 4.78 is 0. The summed E-state index contributed by atoms with van der Waals surface area (Å²) in [6.07, 6.45) is 0.685. The average Bonchev–Trinajstić information content (AvgIpc) is 2.48. The van der Waals surface area contributed by atoms with E-state index in [4.69, 9.17) is 5.73 Å². The van der Waals surface area contributed by atoms with Crippen LogP contribution in [0, 0.1) is 6.92 Å². The number of hydrogen-bond donors (Lipinski definition) is 1. The highest BCUT2D eigenvalue weighted by Crippen LogP contribution is 2.24. The molecule has 2 heteroatoms. The SMILES string of the molecule is [CH2]CC(N)(C(=O)Cc1ccccc1)c1ccccc1. The zero-order valence-corrected chi connectivity index (χ0v) is 10.9. The summed E-state index contributed by atoms with van der Waals surface area (Å²) in [5, 5.41) is 0. The van der Waals surface area contributed by atoms with Gasteiger partial charge in [-0.2, -0.15) is 0 Å². The van der Waals surface area contributed by atoms with Gasteiger partial charge in [-0.15, -0.1) is 0 Å². The standard InChI is InChI=1S/C17H18NO/c1-2-17(18,15-11-7-4-8-12-15)16(19)13-14-9-5-3-6-10-14/h3-12H,1-2,13,18H2. The van der Waals surface area contributed by atoms with Crippen LogP contribution in [-0.2, 0) is 16.8 Å². The number of carbonyl (C=O) groups is 1. The summed E-state index contributed by atoms with van der Waals surface area (Å²) >= 11 is 0. The van der Waals surface area contributed by atoms with Crippen molar-refractivity contribution in [3.05, 3.63) is 78.7 Å². The first-order valence-electron chi connectivity index (χ1n) is 6.37. The number of benzene rings is 2. The molecule has 0 amide bonds. The lowest BCUT2D eigenvalue weighted by Crippen LogP contribution is -2.45. The Labute approximate surface area is 114 Å². The first kappa shape index (κ1) is 13.5. The molecule has 0 aliphatic heterocycles. The summed E-state index contributed by atoms with van der Waals surface area (Å²) in [6.45, 7) is 3.85. The molecule has 0 aromatic heterocycles. The Morgan fingerprint density at radius 1 is 1.00 bits per heavy atom. The van der Waals surface area contributed by atoms with Gasteiger partial charge < -0.3 is 5.73 Å². The third kappa shape index (κ3) is 2.91. The van der Waals surface area contributed by atoms with Gasteiger partial charge in [0.15, 0.2) is 5.78 Å². The number of carbonyl (C=O) groups excluding carboxylic acids is 1. The van der Waals surface area contributed by atoms with Crippen LogP contribution in [0.1, 0.15) is 17.5 Å². The van der Waals surface area contributed by atoms with Crippen LogP contribution in [0.3, 0.4) is 0 Å². The largest absolute Gasteiger partial charge is 0.315 e. The fraction of sp³-hybridized carbons (Fsp3) is 0.176. The van der Waals surface area contributed by atoms with Gasteiger partial charge >= 0.3 is 0 Å². The third-order valence-electron chi connectivity index (χ3n) is 3.39. The Kier molecular flexibility index (Phi) is 4.13. The van der Waals surface area contributed by atoms with Crippen molar-refractivity contribution >= 4 is 5.78 Å². The number of ketones is 1. The minimum atomic E-state index is -1.00. The maximum absolute atomic E-state index is 12.5. The van der Waals surface area contributed by atoms with Crippen LogP contribution in [0.4, 0.5) is 0 Å². The molecule has 0 saturated heterocycles. The molecular formula is C17H18NO. The molecule has 2 rings (SSSR count). The molecule has 1 unspecified atom stereocenters. The molecule has 0 aliphatic rings. The smallest absolute Gasteiger partial charge is 0.161 e. The van der Waals surface area contributed by atoms with Crippen molar-refractivity contribution in [2.75, 3.05) is 0 Å². The Morgan fingerprint density at radius 2 is 1.53 bits per heavy atom. The lowest BCUT2D eigenvalue weighted by Gasteiger charge is -2.27. The van der Waals surface area contributed by atoms with Gasteiger partial charge in [0.1, 0.15) is 5.54 Å². The molecule has 0 spiro atoms. The van der Waals surface area contributed by atoms with Crippen molar-refractivity contribution in [3.63, 3.8) is 0 Å². The lowest BCUT2D eigenvalue weighted by atomic mass is 9.82. The highest BCUT2D eigenvalue weighted by atomic mass is 16.1. The van der Waals surface area contributed by atoms with Crippen LogP contribution in [0.5, 0.6) is 0 Å². The maximum Gasteiger partial charge on any atom is 0.161 e. The number of rotatable bonds is 5. The van der Waals surface area contributed by atoms with Crippen LogP contribution in [0.25, 0.3) is 0 Å². The normalized spacial score (nSPS) is 13.8. The third-order valence-corrected chi connectivity index (χ3v) is 3.39. The second-order valence-electron chi connectivity index (χ2n) is 4.67. The van der Waals surface area contributed by atoms with E-state index in [2.05, 4.69) is 6.92 Å². The minimum Gasteiger partial charge on any atom is -0.315 e. The van der Waals surface area contributed by atoms with Crippen molar-refractivity contribution in [1.29, 1.82) is 0 Å². The van der Waals surface area contributed by atoms with Crippen LogP contribution in [-0.4, -0.2) is 5.78 Å². The second-order valence-corrected chi connectivity index (χ2v) is 4.67. The van der Waals surface area contributed by atoms with Crippen molar-refractivity contribution in [2.24, 2.45) is 5.73 Å². The summed E-state index contributed by atoms with van der Waals surface area (Å²) in [4.78, 5) is 12.5. The highest BCUT2D eigenvalue weighted by Gasteiger charge is 2.33. The zero-order chi connectivity index (χ0) is 13.7. The van der Waals surface area contributed by atoms with Gasteiger partial charge in [-0.25, -0.2) is 0 Å².